The van der Waals surface area contributed by atoms with Crippen LogP contribution >= 0.6 is 0 Å². The maximum atomic E-state index is 12.5. The van der Waals surface area contributed by atoms with Crippen molar-refractivity contribution in [3.8, 4) is 0 Å². The fourth-order valence-corrected chi connectivity index (χ4v) is 2.82. The number of nitrogens with zero attached hydrogens (tertiary/aromatic N) is 4. The lowest BCUT2D eigenvalue weighted by molar-refractivity contribution is 0.0710. The molecule has 0 saturated carbocycles. The summed E-state index contributed by atoms with van der Waals surface area (Å²) in [5.41, 5.74) is 1.39. The third kappa shape index (κ3) is 2.85. The number of carbonyl (C=O) groups is 1. The highest BCUT2D eigenvalue weighted by molar-refractivity contribution is 5.93. The first-order chi connectivity index (χ1) is 9.56. The van der Waals surface area contributed by atoms with Crippen molar-refractivity contribution < 1.29 is 4.79 Å². The van der Waals surface area contributed by atoms with Crippen molar-refractivity contribution in [1.82, 2.24) is 25.2 Å². The summed E-state index contributed by atoms with van der Waals surface area (Å²) < 4.78 is 1.93. The molecule has 2 heterocycles. The molecule has 20 heavy (non-hydrogen) atoms. The maximum Gasteiger partial charge on any atom is 0.276 e. The molecule has 1 N–H and O–H groups in total. The van der Waals surface area contributed by atoms with Gasteiger partial charge in [-0.2, -0.15) is 0 Å². The third-order valence-electron chi connectivity index (χ3n) is 4.01. The molecule has 0 aliphatic carbocycles. The minimum atomic E-state index is -0.0137. The third-order valence-corrected chi connectivity index (χ3v) is 4.01. The van der Waals surface area contributed by atoms with Gasteiger partial charge in [-0.1, -0.05) is 5.21 Å². The van der Waals surface area contributed by atoms with Gasteiger partial charge in [0.15, 0.2) is 5.69 Å². The van der Waals surface area contributed by atoms with Crippen LogP contribution in [0.15, 0.2) is 0 Å². The first kappa shape index (κ1) is 15.0. The van der Waals surface area contributed by atoms with E-state index < -0.39 is 0 Å². The predicted molar refractivity (Wildman–Crippen MR) is 77.7 cm³/mol. The van der Waals surface area contributed by atoms with E-state index in [4.69, 9.17) is 0 Å². The molecule has 1 fully saturated rings. The normalized spacial score (nSPS) is 16.6. The summed E-state index contributed by atoms with van der Waals surface area (Å²) in [4.78, 5) is 14.4. The van der Waals surface area contributed by atoms with Crippen LogP contribution in [0.1, 0.15) is 55.8 Å². The molecular weight excluding hydrogens is 254 g/mol. The Kier molecular flexibility index (Phi) is 4.75. The van der Waals surface area contributed by atoms with Gasteiger partial charge in [-0.3, -0.25) is 4.79 Å². The van der Waals surface area contributed by atoms with Crippen LogP contribution in [0.4, 0.5) is 0 Å². The Balaban J connectivity index is 2.21. The van der Waals surface area contributed by atoms with E-state index in [1.807, 2.05) is 37.3 Å². The van der Waals surface area contributed by atoms with E-state index in [0.29, 0.717) is 18.3 Å². The Morgan fingerprint density at radius 1 is 1.45 bits per heavy atom. The number of rotatable bonds is 4. The van der Waals surface area contributed by atoms with Crippen LogP contribution in [-0.4, -0.2) is 51.5 Å². The molecule has 0 atom stereocenters. The van der Waals surface area contributed by atoms with Crippen LogP contribution in [0.2, 0.25) is 0 Å². The second-order valence-corrected chi connectivity index (χ2v) is 5.63. The van der Waals surface area contributed by atoms with Crippen molar-refractivity contribution in [3.63, 3.8) is 0 Å². The van der Waals surface area contributed by atoms with Crippen molar-refractivity contribution in [1.29, 1.82) is 0 Å². The zero-order valence-corrected chi connectivity index (χ0v) is 12.9. The summed E-state index contributed by atoms with van der Waals surface area (Å²) >= 11 is 0. The largest absolute Gasteiger partial charge is 0.335 e. The Bertz CT molecular complexity index is 462. The molecule has 6 heteroatoms. The lowest BCUT2D eigenvalue weighted by Gasteiger charge is -2.25. The van der Waals surface area contributed by atoms with Crippen molar-refractivity contribution >= 4 is 5.91 Å². The number of nitrogens with one attached hydrogen (secondary N) is 1. The van der Waals surface area contributed by atoms with Crippen LogP contribution < -0.4 is 5.32 Å². The van der Waals surface area contributed by atoms with Gasteiger partial charge in [0.05, 0.1) is 11.7 Å². The quantitative estimate of drug-likeness (QED) is 0.904. The van der Waals surface area contributed by atoms with E-state index in [-0.39, 0.29) is 11.9 Å². The summed E-state index contributed by atoms with van der Waals surface area (Å²) in [5, 5.41) is 11.7. The van der Waals surface area contributed by atoms with Crippen molar-refractivity contribution in [3.05, 3.63) is 11.4 Å². The maximum absolute atomic E-state index is 12.5. The standard InChI is InChI=1S/C14H25N5O/c1-5-18(10(2)3)14(20)13-11(4)19(17-16-13)12-6-8-15-9-7-12/h10,12,15H,5-9H2,1-4H3. The molecule has 1 aliphatic rings. The van der Waals surface area contributed by atoms with Crippen LogP contribution in [0.25, 0.3) is 0 Å². The molecule has 0 unspecified atom stereocenters. The van der Waals surface area contributed by atoms with Gasteiger partial charge in [-0.05, 0) is 53.6 Å². The highest BCUT2D eigenvalue weighted by Crippen LogP contribution is 2.21. The van der Waals surface area contributed by atoms with Gasteiger partial charge in [0, 0.05) is 12.6 Å². The van der Waals surface area contributed by atoms with Crippen LogP contribution in [0.3, 0.4) is 0 Å². The fraction of sp³-hybridized carbons (Fsp3) is 0.786. The van der Waals surface area contributed by atoms with E-state index in [9.17, 15) is 4.79 Å². The Labute approximate surface area is 120 Å². The summed E-state index contributed by atoms with van der Waals surface area (Å²) in [6.45, 7) is 10.7. The number of amides is 1. The lowest BCUT2D eigenvalue weighted by atomic mass is 10.1. The Morgan fingerprint density at radius 3 is 2.65 bits per heavy atom. The zero-order valence-electron chi connectivity index (χ0n) is 12.9. The molecule has 1 saturated heterocycles. The molecule has 1 aromatic heterocycles. The average molecular weight is 279 g/mol. The summed E-state index contributed by atoms with van der Waals surface area (Å²) in [6, 6.07) is 0.537. The number of hydrogen-bond acceptors (Lipinski definition) is 4. The summed E-state index contributed by atoms with van der Waals surface area (Å²) in [5.74, 6) is -0.0137. The second-order valence-electron chi connectivity index (χ2n) is 5.63. The molecule has 1 aliphatic heterocycles. The fourth-order valence-electron chi connectivity index (χ4n) is 2.82. The minimum absolute atomic E-state index is 0.0137. The summed E-state index contributed by atoms with van der Waals surface area (Å²) in [6.07, 6.45) is 2.08. The first-order valence-corrected chi connectivity index (χ1v) is 7.49. The van der Waals surface area contributed by atoms with Gasteiger partial charge < -0.3 is 10.2 Å². The number of hydrogen-bond donors (Lipinski definition) is 1. The first-order valence-electron chi connectivity index (χ1n) is 7.49. The molecule has 2 rings (SSSR count). The van der Waals surface area contributed by atoms with Gasteiger partial charge in [-0.25, -0.2) is 4.68 Å². The molecule has 6 nitrogen and oxygen atoms in total. The molecule has 1 aromatic rings. The molecular formula is C14H25N5O. The van der Waals surface area contributed by atoms with Crippen LogP contribution in [0, 0.1) is 6.92 Å². The predicted octanol–water partition coefficient (Wildman–Crippen LogP) is 1.38. The zero-order chi connectivity index (χ0) is 14.7. The number of carbonyl (C=O) groups excluding carboxylic acids is 1. The molecule has 0 spiro atoms. The number of piperidine rings is 1. The van der Waals surface area contributed by atoms with E-state index in [1.165, 1.54) is 0 Å². The van der Waals surface area contributed by atoms with Gasteiger partial charge >= 0.3 is 0 Å². The second kappa shape index (κ2) is 6.35. The Hall–Kier alpha value is -1.43. The van der Waals surface area contributed by atoms with E-state index in [2.05, 4.69) is 15.6 Å². The van der Waals surface area contributed by atoms with Crippen molar-refractivity contribution in [2.24, 2.45) is 0 Å². The highest BCUT2D eigenvalue weighted by atomic mass is 16.2. The molecule has 0 aromatic carbocycles. The minimum Gasteiger partial charge on any atom is -0.335 e. The van der Waals surface area contributed by atoms with Crippen LogP contribution in [-0.2, 0) is 0 Å². The molecule has 112 valence electrons. The van der Waals surface area contributed by atoms with E-state index >= 15 is 0 Å². The average Bonchev–Trinajstić information content (AvgIpc) is 2.81. The van der Waals surface area contributed by atoms with Crippen molar-refractivity contribution in [2.45, 2.75) is 52.6 Å². The van der Waals surface area contributed by atoms with E-state index in [1.54, 1.807) is 0 Å². The van der Waals surface area contributed by atoms with Gasteiger partial charge in [0.2, 0.25) is 0 Å². The molecule has 0 radical (unpaired) electrons. The summed E-state index contributed by atoms with van der Waals surface area (Å²) in [7, 11) is 0. The SMILES string of the molecule is CCN(C(=O)c1nnn(C2CCNCC2)c1C)C(C)C. The number of aromatic nitrogens is 3. The lowest BCUT2D eigenvalue weighted by Crippen LogP contribution is -2.37. The highest BCUT2D eigenvalue weighted by Gasteiger charge is 2.26. The van der Waals surface area contributed by atoms with Gasteiger partial charge in [-0.15, -0.1) is 5.10 Å². The monoisotopic (exact) mass is 279 g/mol. The smallest absolute Gasteiger partial charge is 0.276 e. The van der Waals surface area contributed by atoms with E-state index in [0.717, 1.165) is 31.6 Å². The topological polar surface area (TPSA) is 63.1 Å². The Morgan fingerprint density at radius 2 is 2.10 bits per heavy atom. The molecule has 1 amide bonds. The van der Waals surface area contributed by atoms with Crippen LogP contribution in [0.5, 0.6) is 0 Å². The van der Waals surface area contributed by atoms with Crippen molar-refractivity contribution in [2.75, 3.05) is 19.6 Å². The van der Waals surface area contributed by atoms with Gasteiger partial charge in [0.1, 0.15) is 0 Å². The van der Waals surface area contributed by atoms with Gasteiger partial charge in [0.25, 0.3) is 5.91 Å². The molecule has 0 bridgehead atoms.